The molecule has 2 fully saturated rings. The van der Waals surface area contributed by atoms with Gasteiger partial charge in [-0.2, -0.15) is 0 Å². The second-order valence-corrected chi connectivity index (χ2v) is 7.00. The SMILES string of the molecule is CCC(CC)NCC(C)N1CCC2C(CCCN2C)C1. The highest BCUT2D eigenvalue weighted by atomic mass is 15.2. The van der Waals surface area contributed by atoms with Crippen molar-refractivity contribution in [3.63, 3.8) is 0 Å². The Morgan fingerprint density at radius 2 is 1.90 bits per heavy atom. The largest absolute Gasteiger partial charge is 0.312 e. The summed E-state index contributed by atoms with van der Waals surface area (Å²) in [5.74, 6) is 0.915. The molecule has 2 saturated heterocycles. The zero-order valence-corrected chi connectivity index (χ0v) is 14.1. The molecule has 2 heterocycles. The van der Waals surface area contributed by atoms with Crippen molar-refractivity contribution in [1.82, 2.24) is 15.1 Å². The molecular formula is C17H35N3. The van der Waals surface area contributed by atoms with E-state index in [2.05, 4.69) is 42.9 Å². The molecule has 1 N–H and O–H groups in total. The van der Waals surface area contributed by atoms with Crippen molar-refractivity contribution in [1.29, 1.82) is 0 Å². The lowest BCUT2D eigenvalue weighted by Gasteiger charge is -2.47. The molecule has 3 heteroatoms. The molecule has 0 amide bonds. The fraction of sp³-hybridized carbons (Fsp3) is 1.00. The van der Waals surface area contributed by atoms with Crippen molar-refractivity contribution in [2.75, 3.05) is 33.2 Å². The number of hydrogen-bond acceptors (Lipinski definition) is 3. The second-order valence-electron chi connectivity index (χ2n) is 7.00. The Bertz CT molecular complexity index is 277. The number of nitrogens with one attached hydrogen (secondary N) is 1. The van der Waals surface area contributed by atoms with Crippen molar-refractivity contribution in [3.05, 3.63) is 0 Å². The molecule has 0 aromatic rings. The molecule has 2 aliphatic rings. The minimum absolute atomic E-state index is 0.684. The van der Waals surface area contributed by atoms with Crippen LogP contribution in [0.1, 0.15) is 52.9 Å². The number of likely N-dealkylation sites (tertiary alicyclic amines) is 2. The first-order valence-electron chi connectivity index (χ1n) is 8.83. The van der Waals surface area contributed by atoms with Gasteiger partial charge in [0.15, 0.2) is 0 Å². The van der Waals surface area contributed by atoms with Gasteiger partial charge in [-0.05, 0) is 65.1 Å². The van der Waals surface area contributed by atoms with E-state index in [-0.39, 0.29) is 0 Å². The van der Waals surface area contributed by atoms with Gasteiger partial charge in [0.05, 0.1) is 0 Å². The lowest BCUT2D eigenvalue weighted by Crippen LogP contribution is -2.56. The number of nitrogens with zero attached hydrogens (tertiary/aromatic N) is 2. The molecule has 118 valence electrons. The highest BCUT2D eigenvalue weighted by Gasteiger charge is 2.35. The van der Waals surface area contributed by atoms with Crippen LogP contribution in [0.4, 0.5) is 0 Å². The molecule has 0 aromatic carbocycles. The number of piperidine rings is 2. The molecule has 0 saturated carbocycles. The van der Waals surface area contributed by atoms with E-state index >= 15 is 0 Å². The van der Waals surface area contributed by atoms with Gasteiger partial charge in [-0.3, -0.25) is 4.90 Å². The lowest BCUT2D eigenvalue weighted by atomic mass is 9.83. The van der Waals surface area contributed by atoms with E-state index in [1.54, 1.807) is 0 Å². The number of hydrogen-bond donors (Lipinski definition) is 1. The van der Waals surface area contributed by atoms with E-state index in [0.717, 1.165) is 18.5 Å². The third kappa shape index (κ3) is 3.96. The van der Waals surface area contributed by atoms with Crippen molar-refractivity contribution < 1.29 is 0 Å². The van der Waals surface area contributed by atoms with Gasteiger partial charge in [-0.1, -0.05) is 13.8 Å². The Balaban J connectivity index is 1.79. The molecule has 0 bridgehead atoms. The molecule has 0 aliphatic carbocycles. The van der Waals surface area contributed by atoms with Crippen LogP contribution in [0.3, 0.4) is 0 Å². The quantitative estimate of drug-likeness (QED) is 0.807. The van der Waals surface area contributed by atoms with Crippen LogP contribution < -0.4 is 5.32 Å². The Labute approximate surface area is 126 Å². The van der Waals surface area contributed by atoms with Gasteiger partial charge in [0, 0.05) is 31.2 Å². The highest BCUT2D eigenvalue weighted by molar-refractivity contribution is 4.90. The van der Waals surface area contributed by atoms with Gasteiger partial charge in [0.1, 0.15) is 0 Å². The van der Waals surface area contributed by atoms with Crippen LogP contribution in [0.5, 0.6) is 0 Å². The van der Waals surface area contributed by atoms with E-state index < -0.39 is 0 Å². The van der Waals surface area contributed by atoms with Crippen LogP contribution in [0.15, 0.2) is 0 Å². The molecule has 3 atom stereocenters. The van der Waals surface area contributed by atoms with Crippen molar-refractivity contribution in [3.8, 4) is 0 Å². The van der Waals surface area contributed by atoms with Gasteiger partial charge in [-0.25, -0.2) is 0 Å². The molecule has 2 aliphatic heterocycles. The topological polar surface area (TPSA) is 18.5 Å². The predicted octanol–water partition coefficient (Wildman–Crippen LogP) is 2.57. The molecule has 0 aromatic heterocycles. The lowest BCUT2D eigenvalue weighted by molar-refractivity contribution is 0.0229. The third-order valence-electron chi connectivity index (χ3n) is 5.69. The summed E-state index contributed by atoms with van der Waals surface area (Å²) in [5, 5.41) is 3.74. The van der Waals surface area contributed by atoms with Gasteiger partial charge in [-0.15, -0.1) is 0 Å². The molecular weight excluding hydrogens is 246 g/mol. The molecule has 3 unspecified atom stereocenters. The van der Waals surface area contributed by atoms with E-state index in [1.807, 2.05) is 0 Å². The van der Waals surface area contributed by atoms with Crippen LogP contribution >= 0.6 is 0 Å². The van der Waals surface area contributed by atoms with Gasteiger partial charge < -0.3 is 10.2 Å². The smallest absolute Gasteiger partial charge is 0.0192 e. The normalized spacial score (nSPS) is 30.4. The Morgan fingerprint density at radius 3 is 2.60 bits per heavy atom. The van der Waals surface area contributed by atoms with E-state index in [0.29, 0.717) is 12.1 Å². The fourth-order valence-electron chi connectivity index (χ4n) is 4.12. The Morgan fingerprint density at radius 1 is 1.15 bits per heavy atom. The van der Waals surface area contributed by atoms with Crippen LogP contribution in [-0.2, 0) is 0 Å². The summed E-state index contributed by atoms with van der Waals surface area (Å²) in [7, 11) is 2.32. The fourth-order valence-corrected chi connectivity index (χ4v) is 4.12. The first-order chi connectivity index (χ1) is 9.65. The summed E-state index contributed by atoms with van der Waals surface area (Å²) in [5.41, 5.74) is 0. The monoisotopic (exact) mass is 281 g/mol. The van der Waals surface area contributed by atoms with Crippen LogP contribution in [0.2, 0.25) is 0 Å². The van der Waals surface area contributed by atoms with Crippen molar-refractivity contribution in [2.24, 2.45) is 5.92 Å². The summed E-state index contributed by atoms with van der Waals surface area (Å²) >= 11 is 0. The van der Waals surface area contributed by atoms with Crippen LogP contribution in [0, 0.1) is 5.92 Å². The Kier molecular flexibility index (Phi) is 6.31. The van der Waals surface area contributed by atoms with E-state index in [9.17, 15) is 0 Å². The maximum atomic E-state index is 3.74. The molecule has 0 radical (unpaired) electrons. The highest BCUT2D eigenvalue weighted by Crippen LogP contribution is 2.30. The first kappa shape index (κ1) is 16.3. The summed E-state index contributed by atoms with van der Waals surface area (Å²) in [6.07, 6.45) is 6.71. The number of fused-ring (bicyclic) bond motifs is 1. The van der Waals surface area contributed by atoms with Crippen LogP contribution in [-0.4, -0.2) is 61.2 Å². The van der Waals surface area contributed by atoms with Gasteiger partial charge in [0.25, 0.3) is 0 Å². The third-order valence-corrected chi connectivity index (χ3v) is 5.69. The summed E-state index contributed by atoms with van der Waals surface area (Å²) in [6, 6.07) is 2.25. The van der Waals surface area contributed by atoms with Gasteiger partial charge in [0.2, 0.25) is 0 Å². The van der Waals surface area contributed by atoms with Crippen LogP contribution in [0.25, 0.3) is 0 Å². The van der Waals surface area contributed by atoms with Crippen molar-refractivity contribution in [2.45, 2.75) is 71.0 Å². The maximum absolute atomic E-state index is 3.74. The zero-order chi connectivity index (χ0) is 14.5. The molecule has 0 spiro atoms. The minimum Gasteiger partial charge on any atom is -0.312 e. The summed E-state index contributed by atoms with van der Waals surface area (Å²) in [6.45, 7) is 12.1. The maximum Gasteiger partial charge on any atom is 0.0192 e. The van der Waals surface area contributed by atoms with Crippen molar-refractivity contribution >= 4 is 0 Å². The van der Waals surface area contributed by atoms with Gasteiger partial charge >= 0.3 is 0 Å². The molecule has 20 heavy (non-hydrogen) atoms. The first-order valence-corrected chi connectivity index (χ1v) is 8.83. The summed E-state index contributed by atoms with van der Waals surface area (Å²) < 4.78 is 0. The Hall–Kier alpha value is -0.120. The standard InChI is InChI=1S/C17H35N3/c1-5-16(6-2)18-12-14(3)20-11-9-17-15(13-20)8-7-10-19(17)4/h14-18H,5-13H2,1-4H3. The number of rotatable bonds is 6. The second kappa shape index (κ2) is 7.77. The van der Waals surface area contributed by atoms with E-state index in [1.165, 1.54) is 51.7 Å². The zero-order valence-electron chi connectivity index (χ0n) is 14.1. The predicted molar refractivity (Wildman–Crippen MR) is 87.2 cm³/mol. The minimum atomic E-state index is 0.684. The molecule has 3 nitrogen and oxygen atoms in total. The summed E-state index contributed by atoms with van der Waals surface area (Å²) in [4.78, 5) is 5.34. The van der Waals surface area contributed by atoms with E-state index in [4.69, 9.17) is 0 Å². The average Bonchev–Trinajstić information content (AvgIpc) is 2.48. The average molecular weight is 281 g/mol. The molecule has 2 rings (SSSR count).